The van der Waals surface area contributed by atoms with Gasteiger partial charge in [-0.2, -0.15) is 4.98 Å². The first-order chi connectivity index (χ1) is 13.5. The topological polar surface area (TPSA) is 69.0 Å². The fourth-order valence-corrected chi connectivity index (χ4v) is 4.14. The molecule has 0 saturated carbocycles. The molecule has 2 heterocycles. The normalized spacial score (nSPS) is 15.9. The van der Waals surface area contributed by atoms with Gasteiger partial charge in [-0.15, -0.1) is 5.10 Å². The maximum absolute atomic E-state index is 12.4. The number of benzene rings is 1. The van der Waals surface area contributed by atoms with E-state index in [9.17, 15) is 4.79 Å². The van der Waals surface area contributed by atoms with E-state index in [0.717, 1.165) is 47.2 Å². The third-order valence-electron chi connectivity index (χ3n) is 4.61. The van der Waals surface area contributed by atoms with Crippen LogP contribution in [-0.2, 0) is 4.79 Å². The quantitative estimate of drug-likeness (QED) is 0.480. The molecule has 1 unspecified atom stereocenters. The van der Waals surface area contributed by atoms with Crippen LogP contribution in [0.3, 0.4) is 0 Å². The van der Waals surface area contributed by atoms with Crippen LogP contribution in [0.15, 0.2) is 40.7 Å². The Morgan fingerprint density at radius 1 is 1.25 bits per heavy atom. The molecule has 3 rings (SSSR count). The lowest BCUT2D eigenvalue weighted by Crippen LogP contribution is -2.27. The van der Waals surface area contributed by atoms with Gasteiger partial charge in [-0.1, -0.05) is 44.2 Å². The number of nitrogens with zero attached hydrogens (tertiary/aromatic N) is 3. The first-order valence-electron chi connectivity index (χ1n) is 9.86. The molecule has 0 amide bonds. The van der Waals surface area contributed by atoms with E-state index in [0.29, 0.717) is 18.1 Å². The molecular weight excluding hydrogens is 372 g/mol. The lowest BCUT2D eigenvalue weighted by atomic mass is 9.93. The highest BCUT2D eigenvalue weighted by Crippen LogP contribution is 2.37. The van der Waals surface area contributed by atoms with Crippen molar-refractivity contribution in [2.45, 2.75) is 58.2 Å². The number of nitrogens with one attached hydrogen (secondary N) is 1. The van der Waals surface area contributed by atoms with E-state index in [1.807, 2.05) is 35.9 Å². The molecule has 0 spiro atoms. The molecule has 0 bridgehead atoms. The molecule has 7 heteroatoms. The van der Waals surface area contributed by atoms with Gasteiger partial charge in [0.25, 0.3) is 0 Å². The van der Waals surface area contributed by atoms with Crippen LogP contribution in [0.4, 0.5) is 5.95 Å². The fraction of sp³-hybridized carbons (Fsp3) is 0.476. The van der Waals surface area contributed by atoms with Crippen molar-refractivity contribution in [2.75, 3.05) is 17.7 Å². The third-order valence-corrected chi connectivity index (χ3v) is 5.53. The van der Waals surface area contributed by atoms with E-state index < -0.39 is 0 Å². The molecule has 1 aliphatic rings. The Hall–Kier alpha value is -2.28. The number of anilines is 1. The van der Waals surface area contributed by atoms with E-state index >= 15 is 0 Å². The van der Waals surface area contributed by atoms with Crippen molar-refractivity contribution in [3.63, 3.8) is 0 Å². The number of unbranched alkanes of at least 4 members (excludes halogenated alkanes) is 1. The van der Waals surface area contributed by atoms with Crippen LogP contribution < -0.4 is 10.1 Å². The lowest BCUT2D eigenvalue weighted by molar-refractivity contribution is -0.114. The first kappa shape index (κ1) is 20.5. The first-order valence-corrected chi connectivity index (χ1v) is 10.8. The molecule has 6 nitrogen and oxygen atoms in total. The Morgan fingerprint density at radius 2 is 2.00 bits per heavy atom. The fourth-order valence-electron chi connectivity index (χ4n) is 3.23. The number of allylic oxidation sites excluding steroid dienone is 2. The van der Waals surface area contributed by atoms with Crippen molar-refractivity contribution in [1.82, 2.24) is 14.8 Å². The Balaban J connectivity index is 1.95. The molecule has 1 aliphatic heterocycles. The van der Waals surface area contributed by atoms with Gasteiger partial charge < -0.3 is 10.1 Å². The second-order valence-electron chi connectivity index (χ2n) is 6.90. The number of fused-ring (bicyclic) bond motifs is 1. The second-order valence-corrected chi connectivity index (χ2v) is 7.97. The maximum atomic E-state index is 12.4. The van der Waals surface area contributed by atoms with E-state index in [-0.39, 0.29) is 11.8 Å². The standard InChI is InChI=1S/C21H28N4O2S/c1-5-7-13-28-21-23-20-22-14(3)18(15(4)26)19(25(20)24-21)16-8-10-17(11-9-16)27-12-6-2/h8-11,19H,5-7,12-13H2,1-4H3,(H,22,23,24). The second kappa shape index (κ2) is 9.28. The zero-order valence-corrected chi connectivity index (χ0v) is 17.8. The minimum Gasteiger partial charge on any atom is -0.494 e. The minimum atomic E-state index is -0.290. The number of aromatic nitrogens is 3. The SMILES string of the molecule is CCCCSc1nc2n(n1)C(c1ccc(OCCC)cc1)C(C(C)=O)=C(C)N2. The van der Waals surface area contributed by atoms with E-state index in [4.69, 9.17) is 9.84 Å². The predicted molar refractivity (Wildman–Crippen MR) is 113 cm³/mol. The summed E-state index contributed by atoms with van der Waals surface area (Å²) in [7, 11) is 0. The number of Topliss-reactive ketones (excluding diaryl/α,β-unsaturated/α-hetero) is 1. The summed E-state index contributed by atoms with van der Waals surface area (Å²) >= 11 is 1.65. The summed E-state index contributed by atoms with van der Waals surface area (Å²) in [6.07, 6.45) is 3.23. The van der Waals surface area contributed by atoms with Crippen LogP contribution >= 0.6 is 11.8 Å². The molecule has 2 aromatic rings. The molecule has 1 aromatic carbocycles. The number of ketones is 1. The van der Waals surface area contributed by atoms with Crippen molar-refractivity contribution in [2.24, 2.45) is 0 Å². The van der Waals surface area contributed by atoms with Gasteiger partial charge >= 0.3 is 0 Å². The summed E-state index contributed by atoms with van der Waals surface area (Å²) < 4.78 is 7.53. The van der Waals surface area contributed by atoms with Gasteiger partial charge in [0.15, 0.2) is 5.78 Å². The summed E-state index contributed by atoms with van der Waals surface area (Å²) in [6.45, 7) is 8.47. The van der Waals surface area contributed by atoms with Crippen molar-refractivity contribution in [3.05, 3.63) is 41.1 Å². The zero-order valence-electron chi connectivity index (χ0n) is 17.0. The summed E-state index contributed by atoms with van der Waals surface area (Å²) in [6, 6.07) is 7.63. The summed E-state index contributed by atoms with van der Waals surface area (Å²) in [5.41, 5.74) is 2.53. The van der Waals surface area contributed by atoms with Crippen LogP contribution in [0.5, 0.6) is 5.75 Å². The molecule has 0 aliphatic carbocycles. The third kappa shape index (κ3) is 4.41. The molecule has 1 atom stereocenters. The van der Waals surface area contributed by atoms with Crippen molar-refractivity contribution >= 4 is 23.5 Å². The highest BCUT2D eigenvalue weighted by atomic mass is 32.2. The molecule has 0 fully saturated rings. The minimum absolute atomic E-state index is 0.0302. The molecule has 0 radical (unpaired) electrons. The summed E-state index contributed by atoms with van der Waals surface area (Å²) in [5, 5.41) is 8.70. The van der Waals surface area contributed by atoms with Gasteiger partial charge in [-0.05, 0) is 44.4 Å². The van der Waals surface area contributed by atoms with Crippen LogP contribution in [0.2, 0.25) is 0 Å². The Kier molecular flexibility index (Phi) is 6.78. The van der Waals surface area contributed by atoms with Gasteiger partial charge in [-0.25, -0.2) is 4.68 Å². The highest BCUT2D eigenvalue weighted by molar-refractivity contribution is 7.99. The number of hydrogen-bond donors (Lipinski definition) is 1. The number of carbonyl (C=O) groups excluding carboxylic acids is 1. The summed E-state index contributed by atoms with van der Waals surface area (Å²) in [4.78, 5) is 17.1. The molecule has 28 heavy (non-hydrogen) atoms. The van der Waals surface area contributed by atoms with Crippen LogP contribution in [0, 0.1) is 0 Å². The number of thioether (sulfide) groups is 1. The predicted octanol–water partition coefficient (Wildman–Crippen LogP) is 4.84. The van der Waals surface area contributed by atoms with Gasteiger partial charge in [0, 0.05) is 17.0 Å². The van der Waals surface area contributed by atoms with Crippen LogP contribution in [-0.4, -0.2) is 32.9 Å². The summed E-state index contributed by atoms with van der Waals surface area (Å²) in [5.74, 6) is 2.53. The molecule has 150 valence electrons. The largest absolute Gasteiger partial charge is 0.494 e. The smallest absolute Gasteiger partial charge is 0.227 e. The van der Waals surface area contributed by atoms with E-state index in [1.165, 1.54) is 0 Å². The monoisotopic (exact) mass is 400 g/mol. The average Bonchev–Trinajstić information content (AvgIpc) is 3.08. The Bertz CT molecular complexity index is 858. The zero-order chi connectivity index (χ0) is 20.1. The van der Waals surface area contributed by atoms with Gasteiger partial charge in [0.2, 0.25) is 11.1 Å². The number of hydrogen-bond acceptors (Lipinski definition) is 6. The van der Waals surface area contributed by atoms with Gasteiger partial charge in [0.1, 0.15) is 11.8 Å². The van der Waals surface area contributed by atoms with Crippen molar-refractivity contribution in [1.29, 1.82) is 0 Å². The van der Waals surface area contributed by atoms with Crippen LogP contribution in [0.25, 0.3) is 0 Å². The van der Waals surface area contributed by atoms with E-state index in [1.54, 1.807) is 18.7 Å². The molecule has 1 aromatic heterocycles. The number of carbonyl (C=O) groups is 1. The van der Waals surface area contributed by atoms with Crippen molar-refractivity contribution in [3.8, 4) is 5.75 Å². The number of rotatable bonds is 9. The van der Waals surface area contributed by atoms with Gasteiger partial charge in [-0.3, -0.25) is 4.79 Å². The molecular formula is C21H28N4O2S. The Labute approximate surface area is 170 Å². The van der Waals surface area contributed by atoms with E-state index in [2.05, 4.69) is 24.1 Å². The maximum Gasteiger partial charge on any atom is 0.227 e. The van der Waals surface area contributed by atoms with Gasteiger partial charge in [0.05, 0.1) is 6.61 Å². The molecule has 0 saturated heterocycles. The highest BCUT2D eigenvalue weighted by Gasteiger charge is 2.32. The lowest BCUT2D eigenvalue weighted by Gasteiger charge is -2.28. The molecule has 1 N–H and O–H groups in total. The van der Waals surface area contributed by atoms with Crippen LogP contribution in [0.1, 0.15) is 58.6 Å². The number of ether oxygens (including phenoxy) is 1. The van der Waals surface area contributed by atoms with Crippen molar-refractivity contribution < 1.29 is 9.53 Å². The average molecular weight is 401 g/mol. The Morgan fingerprint density at radius 3 is 2.64 bits per heavy atom.